The third-order valence-electron chi connectivity index (χ3n) is 3.56. The van der Waals surface area contributed by atoms with Gasteiger partial charge in [-0.25, -0.2) is 0 Å². The lowest BCUT2D eigenvalue weighted by atomic mass is 9.95. The number of aliphatic hydroxyl groups excluding tert-OH is 1. The van der Waals surface area contributed by atoms with Gasteiger partial charge in [0, 0.05) is 0 Å². The van der Waals surface area contributed by atoms with Crippen LogP contribution in [0.4, 0.5) is 0 Å². The zero-order valence-electron chi connectivity index (χ0n) is 12.0. The number of aryl methyl sites for hydroxylation is 3. The van der Waals surface area contributed by atoms with Gasteiger partial charge in [0.15, 0.2) is 0 Å². The third-order valence-corrected chi connectivity index (χ3v) is 3.56. The normalized spacial score (nSPS) is 12.4. The molecule has 0 heterocycles. The van der Waals surface area contributed by atoms with Crippen molar-refractivity contribution in [3.05, 3.63) is 70.3 Å². The predicted octanol–water partition coefficient (Wildman–Crippen LogP) is 4.34. The van der Waals surface area contributed by atoms with Crippen LogP contribution in [0.2, 0.25) is 0 Å². The van der Waals surface area contributed by atoms with Gasteiger partial charge in [0.05, 0.1) is 0 Å². The topological polar surface area (TPSA) is 20.2 Å². The average molecular weight is 254 g/mol. The molecule has 100 valence electrons. The summed E-state index contributed by atoms with van der Waals surface area (Å²) < 4.78 is 0. The van der Waals surface area contributed by atoms with Crippen molar-refractivity contribution >= 4 is 0 Å². The molecule has 2 aromatic carbocycles. The number of benzene rings is 2. The van der Waals surface area contributed by atoms with Gasteiger partial charge in [0.1, 0.15) is 6.10 Å². The van der Waals surface area contributed by atoms with Gasteiger partial charge in [-0.15, -0.1) is 0 Å². The molecule has 0 saturated heterocycles. The van der Waals surface area contributed by atoms with Crippen LogP contribution in [-0.4, -0.2) is 5.11 Å². The standard InChI is InChI=1S/C18H22O/c1-4-5-15-8-10-16(11-9-15)18(19)17-12-13(2)6-7-14(17)3/h6-12,18-19H,4-5H2,1-3H3. The average Bonchev–Trinajstić information content (AvgIpc) is 2.42. The molecule has 0 radical (unpaired) electrons. The van der Waals surface area contributed by atoms with Crippen LogP contribution in [0.25, 0.3) is 0 Å². The molecule has 0 aliphatic carbocycles. The molecule has 0 aromatic heterocycles. The van der Waals surface area contributed by atoms with E-state index in [1.54, 1.807) is 0 Å². The number of hydrogen-bond acceptors (Lipinski definition) is 1. The van der Waals surface area contributed by atoms with Crippen molar-refractivity contribution in [3.8, 4) is 0 Å². The largest absolute Gasteiger partial charge is 0.384 e. The molecule has 1 heteroatoms. The first-order chi connectivity index (χ1) is 9.11. The van der Waals surface area contributed by atoms with Crippen molar-refractivity contribution in [2.45, 2.75) is 39.7 Å². The molecule has 1 atom stereocenters. The van der Waals surface area contributed by atoms with Crippen molar-refractivity contribution < 1.29 is 5.11 Å². The number of hydrogen-bond donors (Lipinski definition) is 1. The number of aliphatic hydroxyl groups is 1. The Hall–Kier alpha value is -1.60. The van der Waals surface area contributed by atoms with Gasteiger partial charge >= 0.3 is 0 Å². The lowest BCUT2D eigenvalue weighted by molar-refractivity contribution is 0.219. The second kappa shape index (κ2) is 6.03. The molecule has 0 aliphatic heterocycles. The highest BCUT2D eigenvalue weighted by Gasteiger charge is 2.12. The highest BCUT2D eigenvalue weighted by Crippen LogP contribution is 2.26. The van der Waals surface area contributed by atoms with E-state index >= 15 is 0 Å². The van der Waals surface area contributed by atoms with Gasteiger partial charge in [-0.3, -0.25) is 0 Å². The molecule has 0 aliphatic rings. The van der Waals surface area contributed by atoms with Crippen LogP contribution in [0.5, 0.6) is 0 Å². The Morgan fingerprint density at radius 3 is 2.32 bits per heavy atom. The Kier molecular flexibility index (Phi) is 4.39. The lowest BCUT2D eigenvalue weighted by Crippen LogP contribution is -2.02. The van der Waals surface area contributed by atoms with Crippen LogP contribution in [0.3, 0.4) is 0 Å². The summed E-state index contributed by atoms with van der Waals surface area (Å²) in [6.07, 6.45) is 1.72. The lowest BCUT2D eigenvalue weighted by Gasteiger charge is -2.15. The maximum atomic E-state index is 10.5. The van der Waals surface area contributed by atoms with E-state index in [1.165, 1.54) is 11.1 Å². The van der Waals surface area contributed by atoms with E-state index in [1.807, 2.05) is 19.1 Å². The summed E-state index contributed by atoms with van der Waals surface area (Å²) in [5.41, 5.74) is 5.62. The first-order valence-corrected chi connectivity index (χ1v) is 6.96. The van der Waals surface area contributed by atoms with Gasteiger partial charge in [0.25, 0.3) is 0 Å². The van der Waals surface area contributed by atoms with Crippen molar-refractivity contribution in [2.24, 2.45) is 0 Å². The SMILES string of the molecule is CCCc1ccc(C(O)c2cc(C)ccc2C)cc1. The highest BCUT2D eigenvalue weighted by atomic mass is 16.3. The van der Waals surface area contributed by atoms with Crippen LogP contribution >= 0.6 is 0 Å². The van der Waals surface area contributed by atoms with Crippen LogP contribution in [-0.2, 0) is 6.42 Å². The minimum Gasteiger partial charge on any atom is -0.384 e. The van der Waals surface area contributed by atoms with Crippen LogP contribution in [0.1, 0.15) is 47.3 Å². The molecule has 1 unspecified atom stereocenters. The predicted molar refractivity (Wildman–Crippen MR) is 80.4 cm³/mol. The molecule has 2 rings (SSSR count). The molecular formula is C18H22O. The second-order valence-electron chi connectivity index (χ2n) is 5.25. The fraction of sp³-hybridized carbons (Fsp3) is 0.333. The summed E-state index contributed by atoms with van der Waals surface area (Å²) >= 11 is 0. The second-order valence-corrected chi connectivity index (χ2v) is 5.25. The Bertz CT molecular complexity index is 540. The smallest absolute Gasteiger partial charge is 0.104 e. The molecule has 0 spiro atoms. The van der Waals surface area contributed by atoms with Crippen LogP contribution in [0, 0.1) is 13.8 Å². The van der Waals surface area contributed by atoms with E-state index in [2.05, 4.69) is 44.2 Å². The Balaban J connectivity index is 2.27. The molecule has 0 amide bonds. The van der Waals surface area contributed by atoms with Gasteiger partial charge in [-0.05, 0) is 42.5 Å². The zero-order valence-corrected chi connectivity index (χ0v) is 12.0. The van der Waals surface area contributed by atoms with E-state index in [9.17, 15) is 5.11 Å². The first-order valence-electron chi connectivity index (χ1n) is 6.96. The molecule has 19 heavy (non-hydrogen) atoms. The van der Waals surface area contributed by atoms with E-state index in [4.69, 9.17) is 0 Å². The monoisotopic (exact) mass is 254 g/mol. The third kappa shape index (κ3) is 3.24. The van der Waals surface area contributed by atoms with E-state index in [-0.39, 0.29) is 0 Å². The zero-order chi connectivity index (χ0) is 13.8. The summed E-state index contributed by atoms with van der Waals surface area (Å²) in [6, 6.07) is 14.5. The molecule has 0 saturated carbocycles. The van der Waals surface area contributed by atoms with Gasteiger partial charge < -0.3 is 5.11 Å². The Labute approximate surface area is 115 Å². The van der Waals surface area contributed by atoms with Gasteiger partial charge in [-0.2, -0.15) is 0 Å². The van der Waals surface area contributed by atoms with E-state index in [0.717, 1.165) is 29.5 Å². The summed E-state index contributed by atoms with van der Waals surface area (Å²) in [7, 11) is 0. The van der Waals surface area contributed by atoms with Crippen molar-refractivity contribution in [1.82, 2.24) is 0 Å². The summed E-state index contributed by atoms with van der Waals surface area (Å²) in [5, 5.41) is 10.5. The minimum absolute atomic E-state index is 0.532. The van der Waals surface area contributed by atoms with Gasteiger partial charge in [0.2, 0.25) is 0 Å². The minimum atomic E-state index is -0.532. The quantitative estimate of drug-likeness (QED) is 0.860. The highest BCUT2D eigenvalue weighted by molar-refractivity contribution is 5.38. The van der Waals surface area contributed by atoms with Gasteiger partial charge in [-0.1, -0.05) is 61.4 Å². The number of rotatable bonds is 4. The molecule has 2 aromatic rings. The first kappa shape index (κ1) is 13.8. The van der Waals surface area contributed by atoms with Crippen LogP contribution < -0.4 is 0 Å². The van der Waals surface area contributed by atoms with Crippen molar-refractivity contribution in [1.29, 1.82) is 0 Å². The summed E-state index contributed by atoms with van der Waals surface area (Å²) in [6.45, 7) is 6.28. The summed E-state index contributed by atoms with van der Waals surface area (Å²) in [5.74, 6) is 0. The molecular weight excluding hydrogens is 232 g/mol. The molecule has 0 fully saturated rings. The maximum Gasteiger partial charge on any atom is 0.104 e. The molecule has 1 N–H and O–H groups in total. The fourth-order valence-electron chi connectivity index (χ4n) is 2.39. The van der Waals surface area contributed by atoms with Crippen LogP contribution in [0.15, 0.2) is 42.5 Å². The fourth-order valence-corrected chi connectivity index (χ4v) is 2.39. The van der Waals surface area contributed by atoms with E-state index < -0.39 is 6.10 Å². The summed E-state index contributed by atoms with van der Waals surface area (Å²) in [4.78, 5) is 0. The van der Waals surface area contributed by atoms with E-state index in [0.29, 0.717) is 0 Å². The van der Waals surface area contributed by atoms with Crippen molar-refractivity contribution in [3.63, 3.8) is 0 Å². The Morgan fingerprint density at radius 2 is 1.68 bits per heavy atom. The van der Waals surface area contributed by atoms with Crippen molar-refractivity contribution in [2.75, 3.05) is 0 Å². The Morgan fingerprint density at radius 1 is 1.00 bits per heavy atom. The maximum absolute atomic E-state index is 10.5. The molecule has 1 nitrogen and oxygen atoms in total. The molecule has 0 bridgehead atoms.